The number of amides is 1. The fourth-order valence-electron chi connectivity index (χ4n) is 4.90. The van der Waals surface area contributed by atoms with E-state index in [0.717, 1.165) is 21.9 Å². The molecule has 5 aromatic rings. The molecule has 0 aliphatic carbocycles. The van der Waals surface area contributed by atoms with E-state index < -0.39 is 6.04 Å². The van der Waals surface area contributed by atoms with Crippen molar-refractivity contribution in [2.45, 2.75) is 25.3 Å². The maximum Gasteiger partial charge on any atom is 0.258 e. The van der Waals surface area contributed by atoms with Crippen LogP contribution in [-0.2, 0) is 10.2 Å². The smallest absolute Gasteiger partial charge is 0.258 e. The van der Waals surface area contributed by atoms with E-state index in [4.69, 9.17) is 4.74 Å². The number of carbonyl (C=O) groups excluding carboxylic acids is 1. The van der Waals surface area contributed by atoms with Crippen molar-refractivity contribution in [3.63, 3.8) is 0 Å². The standard InChI is InChI=1S/C34H31NO3/c1-34(2,26-14-7-4-8-15-26)27-18-20-28(21-19-27)38-23-31(37)35-33(25-12-5-3-6-13-25)32-29-16-10-9-11-24(29)17-22-30(32)36/h3-22,33,36H,23H2,1-2H3,(H,35,37). The van der Waals surface area contributed by atoms with Gasteiger partial charge in [0, 0.05) is 11.0 Å². The Morgan fingerprint density at radius 2 is 1.37 bits per heavy atom. The van der Waals surface area contributed by atoms with Gasteiger partial charge in [0.15, 0.2) is 6.61 Å². The highest BCUT2D eigenvalue weighted by Crippen LogP contribution is 2.36. The Balaban J connectivity index is 1.33. The number of carbonyl (C=O) groups is 1. The van der Waals surface area contributed by atoms with E-state index in [0.29, 0.717) is 11.3 Å². The molecule has 38 heavy (non-hydrogen) atoms. The van der Waals surface area contributed by atoms with E-state index >= 15 is 0 Å². The van der Waals surface area contributed by atoms with Gasteiger partial charge in [0.25, 0.3) is 5.91 Å². The summed E-state index contributed by atoms with van der Waals surface area (Å²) < 4.78 is 5.86. The first-order valence-electron chi connectivity index (χ1n) is 12.8. The van der Waals surface area contributed by atoms with Crippen molar-refractivity contribution in [2.24, 2.45) is 0 Å². The van der Waals surface area contributed by atoms with Crippen molar-refractivity contribution >= 4 is 16.7 Å². The molecule has 2 N–H and O–H groups in total. The monoisotopic (exact) mass is 501 g/mol. The highest BCUT2D eigenvalue weighted by molar-refractivity contribution is 5.89. The zero-order chi connectivity index (χ0) is 26.5. The lowest BCUT2D eigenvalue weighted by Crippen LogP contribution is -2.33. The Hall–Kier alpha value is -4.57. The molecule has 0 bridgehead atoms. The number of fused-ring (bicyclic) bond motifs is 1. The van der Waals surface area contributed by atoms with Gasteiger partial charge in [-0.3, -0.25) is 4.79 Å². The minimum atomic E-state index is -0.535. The van der Waals surface area contributed by atoms with E-state index in [1.807, 2.05) is 103 Å². The van der Waals surface area contributed by atoms with Crippen LogP contribution < -0.4 is 10.1 Å². The second-order valence-corrected chi connectivity index (χ2v) is 9.93. The molecule has 0 radical (unpaired) electrons. The number of benzene rings is 5. The first-order chi connectivity index (χ1) is 18.4. The van der Waals surface area contributed by atoms with Crippen LogP contribution in [0.5, 0.6) is 11.5 Å². The van der Waals surface area contributed by atoms with Gasteiger partial charge < -0.3 is 15.2 Å². The number of hydrogen-bond acceptors (Lipinski definition) is 3. The predicted octanol–water partition coefficient (Wildman–Crippen LogP) is 7.16. The van der Waals surface area contributed by atoms with Crippen molar-refractivity contribution < 1.29 is 14.6 Å². The summed E-state index contributed by atoms with van der Waals surface area (Å²) in [5.74, 6) is 0.479. The minimum absolute atomic E-state index is 0.135. The molecular formula is C34H31NO3. The van der Waals surface area contributed by atoms with Gasteiger partial charge >= 0.3 is 0 Å². The maximum atomic E-state index is 13.1. The quantitative estimate of drug-likeness (QED) is 0.237. The number of aromatic hydroxyl groups is 1. The van der Waals surface area contributed by atoms with Gasteiger partial charge in [-0.2, -0.15) is 0 Å². The summed E-state index contributed by atoms with van der Waals surface area (Å²) in [5.41, 5.74) is 3.78. The molecule has 0 aliphatic rings. The summed E-state index contributed by atoms with van der Waals surface area (Å²) in [5, 5.41) is 15.8. The van der Waals surface area contributed by atoms with E-state index in [1.165, 1.54) is 5.56 Å². The van der Waals surface area contributed by atoms with Crippen LogP contribution in [0.2, 0.25) is 0 Å². The SMILES string of the molecule is CC(C)(c1ccccc1)c1ccc(OCC(=O)NC(c2ccccc2)c2c(O)ccc3ccccc23)cc1. The largest absolute Gasteiger partial charge is 0.508 e. The van der Waals surface area contributed by atoms with E-state index in [-0.39, 0.29) is 23.7 Å². The van der Waals surface area contributed by atoms with Gasteiger partial charge in [-0.05, 0) is 45.7 Å². The third-order valence-electron chi connectivity index (χ3n) is 7.12. The van der Waals surface area contributed by atoms with E-state index in [1.54, 1.807) is 6.07 Å². The molecule has 0 aromatic heterocycles. The Morgan fingerprint density at radius 3 is 2.08 bits per heavy atom. The topological polar surface area (TPSA) is 58.6 Å². The fourth-order valence-corrected chi connectivity index (χ4v) is 4.90. The van der Waals surface area contributed by atoms with Crippen molar-refractivity contribution in [1.82, 2.24) is 5.32 Å². The number of nitrogens with one attached hydrogen (secondary N) is 1. The van der Waals surface area contributed by atoms with E-state index in [9.17, 15) is 9.90 Å². The molecule has 0 saturated carbocycles. The van der Waals surface area contributed by atoms with Crippen LogP contribution in [0.3, 0.4) is 0 Å². The molecule has 0 spiro atoms. The summed E-state index contributed by atoms with van der Waals surface area (Å²) in [6.45, 7) is 4.24. The first-order valence-corrected chi connectivity index (χ1v) is 12.8. The van der Waals surface area contributed by atoms with Gasteiger partial charge in [-0.1, -0.05) is 117 Å². The molecule has 190 valence electrons. The second-order valence-electron chi connectivity index (χ2n) is 9.93. The zero-order valence-electron chi connectivity index (χ0n) is 21.6. The van der Waals surface area contributed by atoms with Crippen LogP contribution in [0.1, 0.15) is 42.1 Å². The van der Waals surface area contributed by atoms with Gasteiger partial charge in [0.2, 0.25) is 0 Å². The van der Waals surface area contributed by atoms with E-state index in [2.05, 4.69) is 31.3 Å². The highest BCUT2D eigenvalue weighted by Gasteiger charge is 2.24. The molecule has 1 amide bonds. The lowest BCUT2D eigenvalue weighted by molar-refractivity contribution is -0.123. The molecule has 0 heterocycles. The highest BCUT2D eigenvalue weighted by atomic mass is 16.5. The molecule has 0 fully saturated rings. The van der Waals surface area contributed by atoms with Crippen LogP contribution in [0, 0.1) is 0 Å². The summed E-state index contributed by atoms with van der Waals surface area (Å²) in [7, 11) is 0. The zero-order valence-corrected chi connectivity index (χ0v) is 21.6. The Kier molecular flexibility index (Phi) is 7.14. The molecule has 4 heteroatoms. The van der Waals surface area contributed by atoms with Crippen molar-refractivity contribution in [2.75, 3.05) is 6.61 Å². The maximum absolute atomic E-state index is 13.1. The molecule has 5 aromatic carbocycles. The number of phenols is 1. The summed E-state index contributed by atoms with van der Waals surface area (Å²) in [4.78, 5) is 13.1. The molecule has 4 nitrogen and oxygen atoms in total. The lowest BCUT2D eigenvalue weighted by atomic mass is 9.78. The number of ether oxygens (including phenoxy) is 1. The molecule has 0 aliphatic heterocycles. The lowest BCUT2D eigenvalue weighted by Gasteiger charge is -2.26. The first kappa shape index (κ1) is 25.1. The van der Waals surface area contributed by atoms with Gasteiger partial charge in [-0.15, -0.1) is 0 Å². The third kappa shape index (κ3) is 5.25. The fraction of sp³-hybridized carbons (Fsp3) is 0.147. The Labute approximate surface area is 223 Å². The summed E-state index contributed by atoms with van der Waals surface area (Å²) in [6.07, 6.45) is 0. The number of phenolic OH excluding ortho intramolecular Hbond substituents is 1. The van der Waals surface area contributed by atoms with Crippen molar-refractivity contribution in [1.29, 1.82) is 0 Å². The molecule has 0 saturated heterocycles. The van der Waals surface area contributed by atoms with Crippen molar-refractivity contribution in [3.8, 4) is 11.5 Å². The van der Waals surface area contributed by atoms with Gasteiger partial charge in [0.1, 0.15) is 11.5 Å². The average molecular weight is 502 g/mol. The predicted molar refractivity (Wildman–Crippen MR) is 153 cm³/mol. The Bertz CT molecular complexity index is 1530. The van der Waals surface area contributed by atoms with Gasteiger partial charge in [0.05, 0.1) is 6.04 Å². The number of rotatable bonds is 8. The van der Waals surface area contributed by atoms with Crippen LogP contribution in [-0.4, -0.2) is 17.6 Å². The van der Waals surface area contributed by atoms with Crippen LogP contribution in [0.15, 0.2) is 121 Å². The van der Waals surface area contributed by atoms with Crippen LogP contribution in [0.4, 0.5) is 0 Å². The molecule has 5 rings (SSSR count). The normalized spacial score (nSPS) is 12.2. The van der Waals surface area contributed by atoms with Gasteiger partial charge in [-0.25, -0.2) is 0 Å². The summed E-state index contributed by atoms with van der Waals surface area (Å²) >= 11 is 0. The summed E-state index contributed by atoms with van der Waals surface area (Å²) in [6, 6.07) is 38.8. The molecular weight excluding hydrogens is 470 g/mol. The third-order valence-corrected chi connectivity index (χ3v) is 7.12. The molecule has 1 unspecified atom stereocenters. The van der Waals surface area contributed by atoms with Crippen LogP contribution in [0.25, 0.3) is 10.8 Å². The van der Waals surface area contributed by atoms with Crippen molar-refractivity contribution in [3.05, 3.63) is 144 Å². The average Bonchev–Trinajstić information content (AvgIpc) is 2.96. The number of hydrogen-bond donors (Lipinski definition) is 2. The second kappa shape index (κ2) is 10.8. The minimum Gasteiger partial charge on any atom is -0.508 e. The Morgan fingerprint density at radius 1 is 0.763 bits per heavy atom. The molecule has 1 atom stereocenters. The van der Waals surface area contributed by atoms with Crippen LogP contribution >= 0.6 is 0 Å².